The van der Waals surface area contributed by atoms with Crippen LogP contribution in [-0.2, 0) is 4.79 Å². The standard InChI is InChI=1S/C25H40ClN5O2/c1-6-10-28-23(26)19(22(27)20-14-18(2)33-29-20)16-31-17-25(15-21(31)32)8-12-30(13-9-25)11-7-24(3,4)5/h14H,6-13,15-17,27H2,1-5H3/b22-19-,28-23?. The van der Waals surface area contributed by atoms with Gasteiger partial charge in [0.1, 0.15) is 16.6 Å². The maximum atomic E-state index is 13.1. The molecule has 0 aromatic carbocycles. The summed E-state index contributed by atoms with van der Waals surface area (Å²) in [5.74, 6) is 0.836. The van der Waals surface area contributed by atoms with Gasteiger partial charge in [-0.05, 0) is 63.1 Å². The zero-order chi connectivity index (χ0) is 24.2. The van der Waals surface area contributed by atoms with E-state index in [0.717, 1.165) is 45.4 Å². The zero-order valence-electron chi connectivity index (χ0n) is 20.9. The first-order chi connectivity index (χ1) is 15.5. The average molecular weight is 478 g/mol. The lowest BCUT2D eigenvalue weighted by Crippen LogP contribution is -2.42. The number of carbonyl (C=O) groups is 1. The molecular weight excluding hydrogens is 438 g/mol. The maximum Gasteiger partial charge on any atom is 0.223 e. The Labute approximate surface area is 203 Å². The second kappa shape index (κ2) is 10.6. The minimum absolute atomic E-state index is 0.0483. The van der Waals surface area contributed by atoms with Crippen LogP contribution in [0.2, 0.25) is 0 Å². The lowest BCUT2D eigenvalue weighted by atomic mass is 9.77. The van der Waals surface area contributed by atoms with Crippen molar-refractivity contribution >= 4 is 28.4 Å². The summed E-state index contributed by atoms with van der Waals surface area (Å²) in [4.78, 5) is 22.0. The molecule has 7 nitrogen and oxygen atoms in total. The largest absolute Gasteiger partial charge is 0.397 e. The molecule has 33 heavy (non-hydrogen) atoms. The smallest absolute Gasteiger partial charge is 0.223 e. The number of hydrogen-bond acceptors (Lipinski definition) is 6. The quantitative estimate of drug-likeness (QED) is 0.559. The van der Waals surface area contributed by atoms with E-state index in [1.54, 1.807) is 6.07 Å². The van der Waals surface area contributed by atoms with Gasteiger partial charge in [0.15, 0.2) is 0 Å². The summed E-state index contributed by atoms with van der Waals surface area (Å²) >= 11 is 6.58. The number of halogens is 1. The molecule has 8 heteroatoms. The minimum Gasteiger partial charge on any atom is -0.397 e. The van der Waals surface area contributed by atoms with Gasteiger partial charge in [0, 0.05) is 31.1 Å². The lowest BCUT2D eigenvalue weighted by Gasteiger charge is -2.39. The van der Waals surface area contributed by atoms with Crippen LogP contribution in [0, 0.1) is 17.8 Å². The fraction of sp³-hybridized carbons (Fsp3) is 0.720. The number of aliphatic imine (C=N–C) groups is 1. The van der Waals surface area contributed by atoms with Crippen LogP contribution in [0.5, 0.6) is 0 Å². The summed E-state index contributed by atoms with van der Waals surface area (Å²) in [6.07, 6.45) is 4.77. The van der Waals surface area contributed by atoms with Gasteiger partial charge in [-0.15, -0.1) is 0 Å². The Morgan fingerprint density at radius 2 is 2.03 bits per heavy atom. The van der Waals surface area contributed by atoms with Gasteiger partial charge in [0.25, 0.3) is 0 Å². The number of amides is 1. The molecule has 1 aromatic rings. The first-order valence-electron chi connectivity index (χ1n) is 12.1. The Kier molecular flexibility index (Phi) is 8.27. The second-order valence-corrected chi connectivity index (χ2v) is 11.3. The summed E-state index contributed by atoms with van der Waals surface area (Å²) in [5, 5.41) is 4.39. The first kappa shape index (κ1) is 25.8. The third kappa shape index (κ3) is 6.82. The fourth-order valence-corrected chi connectivity index (χ4v) is 4.86. The molecule has 0 unspecified atom stereocenters. The van der Waals surface area contributed by atoms with Gasteiger partial charge in [-0.25, -0.2) is 0 Å². The molecule has 184 valence electrons. The van der Waals surface area contributed by atoms with Crippen LogP contribution in [0.3, 0.4) is 0 Å². The van der Waals surface area contributed by atoms with Gasteiger partial charge in [-0.3, -0.25) is 9.79 Å². The highest BCUT2D eigenvalue weighted by Gasteiger charge is 2.45. The molecule has 3 rings (SSSR count). The summed E-state index contributed by atoms with van der Waals surface area (Å²) in [6, 6.07) is 1.78. The van der Waals surface area contributed by atoms with Crippen molar-refractivity contribution in [1.82, 2.24) is 15.0 Å². The van der Waals surface area contributed by atoms with Crippen molar-refractivity contribution in [3.8, 4) is 0 Å². The van der Waals surface area contributed by atoms with E-state index >= 15 is 0 Å². The third-order valence-corrected chi connectivity index (χ3v) is 7.15. The van der Waals surface area contributed by atoms with Crippen molar-refractivity contribution < 1.29 is 9.32 Å². The molecule has 2 aliphatic heterocycles. The Morgan fingerprint density at radius 3 is 2.61 bits per heavy atom. The van der Waals surface area contributed by atoms with E-state index in [0.29, 0.717) is 52.8 Å². The average Bonchev–Trinajstić information content (AvgIpc) is 3.32. The number of carbonyl (C=O) groups excluding carboxylic acids is 1. The molecule has 2 fully saturated rings. The topological polar surface area (TPSA) is 88.0 Å². The molecule has 1 aromatic heterocycles. The predicted molar refractivity (Wildman–Crippen MR) is 134 cm³/mol. The summed E-state index contributed by atoms with van der Waals surface area (Å²) < 4.78 is 5.20. The van der Waals surface area contributed by atoms with Gasteiger partial charge in [0.05, 0.1) is 12.2 Å². The van der Waals surface area contributed by atoms with Crippen LogP contribution in [0.1, 0.15) is 71.3 Å². The molecule has 0 radical (unpaired) electrons. The van der Waals surface area contributed by atoms with Crippen LogP contribution < -0.4 is 5.73 Å². The van der Waals surface area contributed by atoms with Crippen molar-refractivity contribution in [3.05, 3.63) is 23.1 Å². The number of rotatable bonds is 8. The van der Waals surface area contributed by atoms with Crippen LogP contribution >= 0.6 is 11.6 Å². The summed E-state index contributed by atoms with van der Waals surface area (Å²) in [7, 11) is 0. The van der Waals surface area contributed by atoms with Crippen LogP contribution in [-0.4, -0.2) is 65.3 Å². The van der Waals surface area contributed by atoms with Gasteiger partial charge in [-0.1, -0.05) is 44.5 Å². The molecule has 0 atom stereocenters. The highest BCUT2D eigenvalue weighted by atomic mass is 35.5. The van der Waals surface area contributed by atoms with Gasteiger partial charge in [0.2, 0.25) is 5.91 Å². The number of hydrogen-bond donors (Lipinski definition) is 1. The Morgan fingerprint density at radius 1 is 1.33 bits per heavy atom. The van der Waals surface area contributed by atoms with Gasteiger partial charge in [-0.2, -0.15) is 0 Å². The summed E-state index contributed by atoms with van der Waals surface area (Å²) in [6.45, 7) is 15.7. The van der Waals surface area contributed by atoms with Crippen LogP contribution in [0.4, 0.5) is 0 Å². The van der Waals surface area contributed by atoms with E-state index in [1.807, 2.05) is 18.7 Å². The number of nitrogens with zero attached hydrogens (tertiary/aromatic N) is 4. The van der Waals surface area contributed by atoms with E-state index in [9.17, 15) is 4.79 Å². The molecule has 3 heterocycles. The number of aryl methyl sites for hydroxylation is 1. The SMILES string of the molecule is CCCN=C(Cl)/C(CN1CC2(CCN(CCC(C)(C)C)CC2)CC1=O)=C(\N)c1cc(C)on1. The molecule has 0 saturated carbocycles. The second-order valence-electron chi connectivity index (χ2n) is 11.0. The number of likely N-dealkylation sites (tertiary alicyclic amines) is 2. The van der Waals surface area contributed by atoms with Crippen LogP contribution in [0.25, 0.3) is 5.70 Å². The lowest BCUT2D eigenvalue weighted by molar-refractivity contribution is -0.127. The Bertz CT molecular complexity index is 891. The third-order valence-electron chi connectivity index (χ3n) is 6.80. The minimum atomic E-state index is 0.0483. The van der Waals surface area contributed by atoms with E-state index in [1.165, 1.54) is 6.42 Å². The molecule has 2 N–H and O–H groups in total. The molecule has 0 aliphatic carbocycles. The molecule has 1 spiro atoms. The molecule has 2 saturated heterocycles. The molecular formula is C25H40ClN5O2. The Balaban J connectivity index is 1.71. The van der Waals surface area contributed by atoms with Gasteiger partial charge >= 0.3 is 0 Å². The van der Waals surface area contributed by atoms with E-state index in [4.69, 9.17) is 21.9 Å². The maximum absolute atomic E-state index is 13.1. The van der Waals surface area contributed by atoms with E-state index in [2.05, 4.69) is 35.8 Å². The highest BCUT2D eigenvalue weighted by molar-refractivity contribution is 6.70. The first-order valence-corrected chi connectivity index (χ1v) is 12.5. The zero-order valence-corrected chi connectivity index (χ0v) is 21.7. The fourth-order valence-electron chi connectivity index (χ4n) is 4.61. The normalized spacial score (nSPS) is 20.6. The highest BCUT2D eigenvalue weighted by Crippen LogP contribution is 2.41. The van der Waals surface area contributed by atoms with Crippen molar-refractivity contribution in [3.63, 3.8) is 0 Å². The van der Waals surface area contributed by atoms with Gasteiger partial charge < -0.3 is 20.1 Å². The van der Waals surface area contributed by atoms with Crippen molar-refractivity contribution in [2.45, 2.75) is 66.7 Å². The molecule has 2 aliphatic rings. The van der Waals surface area contributed by atoms with Crippen molar-refractivity contribution in [2.24, 2.45) is 21.6 Å². The Hall–Kier alpha value is -1.86. The van der Waals surface area contributed by atoms with Crippen LogP contribution in [0.15, 0.2) is 21.2 Å². The number of piperidine rings is 1. The monoisotopic (exact) mass is 477 g/mol. The van der Waals surface area contributed by atoms with Crippen molar-refractivity contribution in [2.75, 3.05) is 39.3 Å². The predicted octanol–water partition coefficient (Wildman–Crippen LogP) is 4.45. The van der Waals surface area contributed by atoms with Crippen molar-refractivity contribution in [1.29, 1.82) is 0 Å². The van der Waals surface area contributed by atoms with E-state index in [-0.39, 0.29) is 11.3 Å². The summed E-state index contributed by atoms with van der Waals surface area (Å²) in [5.41, 5.74) is 8.44. The number of aromatic nitrogens is 1. The van der Waals surface area contributed by atoms with E-state index < -0.39 is 0 Å². The molecule has 0 bridgehead atoms. The number of nitrogens with two attached hydrogens (primary N) is 1. The molecule has 1 amide bonds.